The zero-order valence-corrected chi connectivity index (χ0v) is 16.0. The summed E-state index contributed by atoms with van der Waals surface area (Å²) in [6, 6.07) is 12.6. The van der Waals surface area contributed by atoms with Gasteiger partial charge in [-0.1, -0.05) is 0 Å². The van der Waals surface area contributed by atoms with E-state index in [4.69, 9.17) is 14.2 Å². The molecular formula is C21H21N3O5. The summed E-state index contributed by atoms with van der Waals surface area (Å²) in [7, 11) is 1.62. The fraction of sp³-hybridized carbons (Fsp3) is 0.286. The molecule has 29 heavy (non-hydrogen) atoms. The summed E-state index contributed by atoms with van der Waals surface area (Å²) in [6.07, 6.45) is 0. The fourth-order valence-electron chi connectivity index (χ4n) is 3.14. The van der Waals surface area contributed by atoms with Crippen LogP contribution in [0.5, 0.6) is 5.75 Å². The van der Waals surface area contributed by atoms with Crippen LogP contribution < -0.4 is 4.74 Å². The molecule has 1 aliphatic rings. The molecule has 0 atom stereocenters. The molecule has 1 aromatic heterocycles. The number of carbonyl (C=O) groups is 2. The molecule has 0 unspecified atom stereocenters. The predicted molar refractivity (Wildman–Crippen MR) is 106 cm³/mol. The van der Waals surface area contributed by atoms with E-state index in [2.05, 4.69) is 9.97 Å². The minimum absolute atomic E-state index is 0.217. The minimum atomic E-state index is -0.547. The number of imidazole rings is 1. The van der Waals surface area contributed by atoms with E-state index in [0.717, 1.165) is 16.8 Å². The van der Waals surface area contributed by atoms with Gasteiger partial charge in [0.05, 0.1) is 36.9 Å². The number of nitrogens with one attached hydrogen (secondary N) is 1. The lowest BCUT2D eigenvalue weighted by atomic mass is 10.2. The van der Waals surface area contributed by atoms with Crippen LogP contribution in [0.1, 0.15) is 10.4 Å². The van der Waals surface area contributed by atoms with Crippen LogP contribution in [-0.4, -0.2) is 66.8 Å². The number of hydrogen-bond donors (Lipinski definition) is 1. The Hall–Kier alpha value is -3.39. The molecule has 4 rings (SSSR count). The Labute approximate surface area is 167 Å². The normalized spacial score (nSPS) is 14.0. The number of hydrogen-bond acceptors (Lipinski definition) is 6. The highest BCUT2D eigenvalue weighted by molar-refractivity contribution is 5.95. The van der Waals surface area contributed by atoms with Crippen molar-refractivity contribution in [1.29, 1.82) is 0 Å². The van der Waals surface area contributed by atoms with Crippen molar-refractivity contribution >= 4 is 22.9 Å². The molecule has 1 saturated heterocycles. The SMILES string of the molecule is COc1ccc(-c2nc3ccc(C(=O)OCC(=O)N4CCOCC4)cc3[nH]2)cc1. The summed E-state index contributed by atoms with van der Waals surface area (Å²) in [6.45, 7) is 1.77. The number of carbonyl (C=O) groups excluding carboxylic acids is 2. The van der Waals surface area contributed by atoms with E-state index in [1.807, 2.05) is 24.3 Å². The standard InChI is InChI=1S/C21H21N3O5/c1-27-16-5-2-14(3-6-16)20-22-17-7-4-15(12-18(17)23-20)21(26)29-13-19(25)24-8-10-28-11-9-24/h2-7,12H,8-11,13H2,1H3,(H,22,23). The Morgan fingerprint density at radius 2 is 1.90 bits per heavy atom. The third-order valence-electron chi connectivity index (χ3n) is 4.77. The van der Waals surface area contributed by atoms with Crippen molar-refractivity contribution in [3.05, 3.63) is 48.0 Å². The van der Waals surface area contributed by atoms with Gasteiger partial charge in [-0.25, -0.2) is 9.78 Å². The summed E-state index contributed by atoms with van der Waals surface area (Å²) in [5.74, 6) is 0.692. The van der Waals surface area contributed by atoms with Crippen LogP contribution in [0, 0.1) is 0 Å². The number of esters is 1. The molecule has 3 aromatic rings. The number of rotatable bonds is 5. The Morgan fingerprint density at radius 1 is 1.14 bits per heavy atom. The van der Waals surface area contributed by atoms with Crippen molar-refractivity contribution < 1.29 is 23.8 Å². The van der Waals surface area contributed by atoms with E-state index in [9.17, 15) is 9.59 Å². The Kier molecular flexibility index (Phi) is 5.44. The van der Waals surface area contributed by atoms with Crippen LogP contribution in [0.15, 0.2) is 42.5 Å². The van der Waals surface area contributed by atoms with Gasteiger partial charge < -0.3 is 24.1 Å². The molecule has 8 nitrogen and oxygen atoms in total. The molecule has 0 saturated carbocycles. The Balaban J connectivity index is 1.45. The van der Waals surface area contributed by atoms with Gasteiger partial charge in [0.25, 0.3) is 5.91 Å². The Bertz CT molecular complexity index is 1020. The first-order valence-electron chi connectivity index (χ1n) is 9.31. The number of methoxy groups -OCH3 is 1. The van der Waals surface area contributed by atoms with Crippen molar-refractivity contribution in [2.45, 2.75) is 0 Å². The maximum atomic E-state index is 12.4. The highest BCUT2D eigenvalue weighted by Crippen LogP contribution is 2.23. The topological polar surface area (TPSA) is 93.8 Å². The minimum Gasteiger partial charge on any atom is -0.497 e. The number of H-pyrrole nitrogens is 1. The smallest absolute Gasteiger partial charge is 0.338 e. The van der Waals surface area contributed by atoms with E-state index in [-0.39, 0.29) is 12.5 Å². The van der Waals surface area contributed by atoms with Gasteiger partial charge in [0.15, 0.2) is 6.61 Å². The molecular weight excluding hydrogens is 374 g/mol. The molecule has 2 aromatic carbocycles. The number of morpholine rings is 1. The first kappa shape index (κ1) is 18.9. The maximum Gasteiger partial charge on any atom is 0.338 e. The summed E-state index contributed by atoms with van der Waals surface area (Å²) >= 11 is 0. The molecule has 0 bridgehead atoms. The van der Waals surface area contributed by atoms with Gasteiger partial charge in [-0.15, -0.1) is 0 Å². The van der Waals surface area contributed by atoms with Gasteiger partial charge in [-0.05, 0) is 42.5 Å². The van der Waals surface area contributed by atoms with Crippen LogP contribution >= 0.6 is 0 Å². The van der Waals surface area contributed by atoms with Crippen LogP contribution in [0.25, 0.3) is 22.4 Å². The molecule has 1 N–H and O–H groups in total. The highest BCUT2D eigenvalue weighted by atomic mass is 16.5. The van der Waals surface area contributed by atoms with Gasteiger partial charge in [-0.3, -0.25) is 4.79 Å². The summed E-state index contributed by atoms with van der Waals surface area (Å²) < 4.78 is 15.6. The molecule has 1 fully saturated rings. The molecule has 0 spiro atoms. The lowest BCUT2D eigenvalue weighted by Crippen LogP contribution is -2.42. The fourth-order valence-corrected chi connectivity index (χ4v) is 3.14. The van der Waals surface area contributed by atoms with E-state index < -0.39 is 5.97 Å². The zero-order valence-electron chi connectivity index (χ0n) is 16.0. The third kappa shape index (κ3) is 4.22. The lowest BCUT2D eigenvalue weighted by molar-refractivity contribution is -0.138. The molecule has 1 amide bonds. The van der Waals surface area contributed by atoms with Crippen molar-refractivity contribution in [3.63, 3.8) is 0 Å². The van der Waals surface area contributed by atoms with Gasteiger partial charge >= 0.3 is 5.97 Å². The van der Waals surface area contributed by atoms with Gasteiger partial charge in [-0.2, -0.15) is 0 Å². The maximum absolute atomic E-state index is 12.4. The molecule has 1 aliphatic heterocycles. The number of amides is 1. The van der Waals surface area contributed by atoms with Crippen LogP contribution in [0.3, 0.4) is 0 Å². The average Bonchev–Trinajstić information content (AvgIpc) is 3.21. The highest BCUT2D eigenvalue weighted by Gasteiger charge is 2.19. The largest absolute Gasteiger partial charge is 0.497 e. The van der Waals surface area contributed by atoms with Gasteiger partial charge in [0.2, 0.25) is 0 Å². The van der Waals surface area contributed by atoms with Crippen LogP contribution in [0.4, 0.5) is 0 Å². The quantitative estimate of drug-likeness (QED) is 0.666. The second-order valence-electron chi connectivity index (χ2n) is 6.62. The number of nitrogens with zero attached hydrogens (tertiary/aromatic N) is 2. The van der Waals surface area contributed by atoms with E-state index in [1.165, 1.54) is 0 Å². The number of ether oxygens (including phenoxy) is 3. The number of aromatic amines is 1. The second kappa shape index (κ2) is 8.32. The van der Waals surface area contributed by atoms with Crippen molar-refractivity contribution in [1.82, 2.24) is 14.9 Å². The number of aromatic nitrogens is 2. The predicted octanol–water partition coefficient (Wildman–Crippen LogP) is 2.25. The number of fused-ring (bicyclic) bond motifs is 1. The van der Waals surface area contributed by atoms with Gasteiger partial charge in [0, 0.05) is 18.7 Å². The molecule has 0 radical (unpaired) electrons. The molecule has 150 valence electrons. The molecule has 0 aliphatic carbocycles. The monoisotopic (exact) mass is 395 g/mol. The zero-order chi connectivity index (χ0) is 20.2. The summed E-state index contributed by atoms with van der Waals surface area (Å²) in [4.78, 5) is 33.9. The van der Waals surface area contributed by atoms with Crippen molar-refractivity contribution in [2.24, 2.45) is 0 Å². The third-order valence-corrected chi connectivity index (χ3v) is 4.77. The summed E-state index contributed by atoms with van der Waals surface area (Å²) in [5.41, 5.74) is 2.71. The van der Waals surface area contributed by atoms with Crippen LogP contribution in [-0.2, 0) is 14.3 Å². The van der Waals surface area contributed by atoms with Gasteiger partial charge in [0.1, 0.15) is 11.6 Å². The molecule has 2 heterocycles. The van der Waals surface area contributed by atoms with E-state index in [0.29, 0.717) is 43.2 Å². The van der Waals surface area contributed by atoms with Crippen molar-refractivity contribution in [2.75, 3.05) is 40.0 Å². The second-order valence-corrected chi connectivity index (χ2v) is 6.62. The number of benzene rings is 2. The van der Waals surface area contributed by atoms with Crippen molar-refractivity contribution in [3.8, 4) is 17.1 Å². The first-order chi connectivity index (χ1) is 14.1. The Morgan fingerprint density at radius 3 is 2.62 bits per heavy atom. The summed E-state index contributed by atoms with van der Waals surface area (Å²) in [5, 5.41) is 0. The van der Waals surface area contributed by atoms with E-state index >= 15 is 0 Å². The lowest BCUT2D eigenvalue weighted by Gasteiger charge is -2.26. The first-order valence-corrected chi connectivity index (χ1v) is 9.31. The average molecular weight is 395 g/mol. The molecule has 8 heteroatoms. The van der Waals surface area contributed by atoms with E-state index in [1.54, 1.807) is 30.2 Å². The van der Waals surface area contributed by atoms with Crippen LogP contribution in [0.2, 0.25) is 0 Å².